The fourth-order valence-electron chi connectivity index (χ4n) is 3.44. The fourth-order valence-corrected chi connectivity index (χ4v) is 4.29. The van der Waals surface area contributed by atoms with E-state index in [4.69, 9.17) is 16.6 Å². The normalized spacial score (nSPS) is 10.8. The number of halogens is 1. The zero-order valence-electron chi connectivity index (χ0n) is 18.6. The van der Waals surface area contributed by atoms with Crippen LogP contribution in [0.25, 0.3) is 11.3 Å². The van der Waals surface area contributed by atoms with E-state index in [1.165, 1.54) is 18.3 Å². The standard InChI is InChI=1S/C25H24ClN5OS/c1-15-22(12-18-6-10-21(26)11-7-18)24(29-16(2)28-15)31-25-30-23(14-33-25)20-8-4-19(5-9-20)13-27-17(3)32/h4-11,14H,12-13H2,1-3H3,(H,27,32)(H,28,29,30,31). The number of nitrogens with zero attached hydrogens (tertiary/aromatic N) is 3. The Morgan fingerprint density at radius 1 is 0.970 bits per heavy atom. The molecule has 0 aliphatic carbocycles. The number of rotatable bonds is 7. The van der Waals surface area contributed by atoms with Crippen LogP contribution in [0.5, 0.6) is 0 Å². The molecule has 0 fully saturated rings. The van der Waals surface area contributed by atoms with Crippen molar-refractivity contribution in [2.75, 3.05) is 5.32 Å². The summed E-state index contributed by atoms with van der Waals surface area (Å²) < 4.78 is 0. The molecular formula is C25H24ClN5OS. The number of hydrogen-bond acceptors (Lipinski definition) is 6. The van der Waals surface area contributed by atoms with E-state index in [0.717, 1.165) is 44.6 Å². The summed E-state index contributed by atoms with van der Waals surface area (Å²) in [5, 5.41) is 9.71. The smallest absolute Gasteiger partial charge is 0.217 e. The van der Waals surface area contributed by atoms with Crippen molar-refractivity contribution in [3.05, 3.63) is 87.1 Å². The van der Waals surface area contributed by atoms with Gasteiger partial charge >= 0.3 is 0 Å². The van der Waals surface area contributed by atoms with Gasteiger partial charge in [-0.15, -0.1) is 11.3 Å². The molecule has 2 aromatic heterocycles. The molecule has 33 heavy (non-hydrogen) atoms. The summed E-state index contributed by atoms with van der Waals surface area (Å²) in [4.78, 5) is 25.1. The van der Waals surface area contributed by atoms with Crippen LogP contribution in [-0.4, -0.2) is 20.9 Å². The molecule has 8 heteroatoms. The second kappa shape index (κ2) is 10.1. The number of nitrogens with one attached hydrogen (secondary N) is 2. The van der Waals surface area contributed by atoms with E-state index >= 15 is 0 Å². The van der Waals surface area contributed by atoms with Crippen LogP contribution in [0.15, 0.2) is 53.9 Å². The van der Waals surface area contributed by atoms with Crippen LogP contribution in [0.2, 0.25) is 5.02 Å². The second-order valence-corrected chi connectivity index (χ2v) is 9.05. The number of carbonyl (C=O) groups excluding carboxylic acids is 1. The van der Waals surface area contributed by atoms with Crippen LogP contribution in [0, 0.1) is 13.8 Å². The number of aromatic nitrogens is 3. The molecule has 168 valence electrons. The Hall–Kier alpha value is -3.29. The zero-order chi connectivity index (χ0) is 23.4. The highest BCUT2D eigenvalue weighted by atomic mass is 35.5. The van der Waals surface area contributed by atoms with Crippen LogP contribution in [0.4, 0.5) is 10.9 Å². The minimum Gasteiger partial charge on any atom is -0.352 e. The van der Waals surface area contributed by atoms with Gasteiger partial charge in [-0.05, 0) is 37.1 Å². The summed E-state index contributed by atoms with van der Waals surface area (Å²) in [7, 11) is 0. The van der Waals surface area contributed by atoms with E-state index in [1.54, 1.807) is 0 Å². The maximum atomic E-state index is 11.1. The summed E-state index contributed by atoms with van der Waals surface area (Å²) in [5.41, 5.74) is 6.05. The molecule has 0 aliphatic heterocycles. The van der Waals surface area contributed by atoms with Gasteiger partial charge in [0.2, 0.25) is 5.91 Å². The van der Waals surface area contributed by atoms with E-state index in [-0.39, 0.29) is 5.91 Å². The summed E-state index contributed by atoms with van der Waals surface area (Å²) >= 11 is 7.56. The number of amides is 1. The molecule has 4 aromatic rings. The Bertz CT molecular complexity index is 1270. The van der Waals surface area contributed by atoms with Crippen molar-refractivity contribution >= 4 is 39.8 Å². The maximum absolute atomic E-state index is 11.1. The summed E-state index contributed by atoms with van der Waals surface area (Å²) in [6.45, 7) is 5.92. The number of benzene rings is 2. The molecule has 2 N–H and O–H groups in total. The molecule has 2 heterocycles. The van der Waals surface area contributed by atoms with Crippen molar-refractivity contribution < 1.29 is 4.79 Å². The van der Waals surface area contributed by atoms with Gasteiger partial charge in [-0.1, -0.05) is 48.0 Å². The van der Waals surface area contributed by atoms with Crippen molar-refractivity contribution in [3.63, 3.8) is 0 Å². The van der Waals surface area contributed by atoms with Crippen LogP contribution in [0.3, 0.4) is 0 Å². The van der Waals surface area contributed by atoms with Gasteiger partial charge in [-0.25, -0.2) is 15.0 Å². The number of thiazole rings is 1. The highest BCUT2D eigenvalue weighted by Gasteiger charge is 2.14. The molecule has 0 saturated heterocycles. The average Bonchev–Trinajstić information content (AvgIpc) is 3.25. The molecule has 0 saturated carbocycles. The van der Waals surface area contributed by atoms with Crippen LogP contribution < -0.4 is 10.6 Å². The first-order valence-corrected chi connectivity index (χ1v) is 11.8. The van der Waals surface area contributed by atoms with Crippen molar-refractivity contribution in [1.29, 1.82) is 0 Å². The lowest BCUT2D eigenvalue weighted by Gasteiger charge is -2.13. The predicted octanol–water partition coefficient (Wildman–Crippen LogP) is 5.84. The number of aryl methyl sites for hydroxylation is 2. The number of anilines is 2. The van der Waals surface area contributed by atoms with Crippen LogP contribution >= 0.6 is 22.9 Å². The third-order valence-corrected chi connectivity index (χ3v) is 6.15. The van der Waals surface area contributed by atoms with Gasteiger partial charge < -0.3 is 10.6 Å². The van der Waals surface area contributed by atoms with Crippen molar-refractivity contribution in [3.8, 4) is 11.3 Å². The lowest BCUT2D eigenvalue weighted by Crippen LogP contribution is -2.18. The molecule has 2 aromatic carbocycles. The minimum absolute atomic E-state index is 0.0417. The quantitative estimate of drug-likeness (QED) is 0.349. The van der Waals surface area contributed by atoms with Crippen molar-refractivity contribution in [1.82, 2.24) is 20.3 Å². The first kappa shape index (κ1) is 22.9. The lowest BCUT2D eigenvalue weighted by atomic mass is 10.0. The van der Waals surface area contributed by atoms with E-state index in [2.05, 4.69) is 20.6 Å². The topological polar surface area (TPSA) is 79.8 Å². The Morgan fingerprint density at radius 2 is 1.67 bits per heavy atom. The largest absolute Gasteiger partial charge is 0.352 e. The van der Waals surface area contributed by atoms with E-state index in [9.17, 15) is 4.79 Å². The van der Waals surface area contributed by atoms with Crippen molar-refractivity contribution in [2.24, 2.45) is 0 Å². The molecular weight excluding hydrogens is 454 g/mol. The van der Waals surface area contributed by atoms with Crippen LogP contribution in [0.1, 0.15) is 35.1 Å². The highest BCUT2D eigenvalue weighted by molar-refractivity contribution is 7.14. The molecule has 0 radical (unpaired) electrons. The molecule has 6 nitrogen and oxygen atoms in total. The second-order valence-electron chi connectivity index (χ2n) is 7.76. The van der Waals surface area contributed by atoms with E-state index < -0.39 is 0 Å². The Morgan fingerprint density at radius 3 is 2.36 bits per heavy atom. The first-order valence-electron chi connectivity index (χ1n) is 10.5. The molecule has 0 unspecified atom stereocenters. The van der Waals surface area contributed by atoms with Crippen LogP contribution in [-0.2, 0) is 17.8 Å². The monoisotopic (exact) mass is 477 g/mol. The molecule has 1 amide bonds. The van der Waals surface area contributed by atoms with Gasteiger partial charge in [0.05, 0.1) is 5.69 Å². The lowest BCUT2D eigenvalue weighted by molar-refractivity contribution is -0.119. The molecule has 4 rings (SSSR count). The van der Waals surface area contributed by atoms with E-state index in [1.807, 2.05) is 67.8 Å². The number of hydrogen-bond donors (Lipinski definition) is 2. The Labute approximate surface area is 202 Å². The third kappa shape index (κ3) is 5.94. The molecule has 0 spiro atoms. The minimum atomic E-state index is -0.0417. The predicted molar refractivity (Wildman–Crippen MR) is 134 cm³/mol. The fraction of sp³-hybridized carbons (Fsp3) is 0.200. The first-order chi connectivity index (χ1) is 15.9. The maximum Gasteiger partial charge on any atom is 0.217 e. The molecule has 0 bridgehead atoms. The third-order valence-electron chi connectivity index (χ3n) is 5.14. The Balaban J connectivity index is 1.54. The summed E-state index contributed by atoms with van der Waals surface area (Å²) in [5.74, 6) is 1.43. The van der Waals surface area contributed by atoms with Gasteiger partial charge in [0.25, 0.3) is 0 Å². The zero-order valence-corrected chi connectivity index (χ0v) is 20.2. The van der Waals surface area contributed by atoms with Gasteiger partial charge in [-0.3, -0.25) is 4.79 Å². The molecule has 0 aliphatic rings. The van der Waals surface area contributed by atoms with Gasteiger partial charge in [0.1, 0.15) is 11.6 Å². The summed E-state index contributed by atoms with van der Waals surface area (Å²) in [6.07, 6.45) is 0.694. The van der Waals surface area contributed by atoms with Crippen molar-refractivity contribution in [2.45, 2.75) is 33.7 Å². The Kier molecular flexibility index (Phi) is 7.01. The average molecular weight is 478 g/mol. The number of carbonyl (C=O) groups is 1. The highest BCUT2D eigenvalue weighted by Crippen LogP contribution is 2.29. The van der Waals surface area contributed by atoms with E-state index in [0.29, 0.717) is 23.8 Å². The van der Waals surface area contributed by atoms with Gasteiger partial charge in [0.15, 0.2) is 5.13 Å². The SMILES string of the molecule is CC(=O)NCc1ccc(-c2csc(Nc3nc(C)nc(C)c3Cc3ccc(Cl)cc3)n2)cc1. The van der Waals surface area contributed by atoms with Gasteiger partial charge in [0, 0.05) is 47.1 Å². The molecule has 0 atom stereocenters. The summed E-state index contributed by atoms with van der Waals surface area (Å²) in [6, 6.07) is 15.8. The van der Waals surface area contributed by atoms with Gasteiger partial charge in [-0.2, -0.15) is 0 Å².